The van der Waals surface area contributed by atoms with E-state index in [0.29, 0.717) is 19.3 Å². The van der Waals surface area contributed by atoms with E-state index < -0.39 is 67.8 Å². The summed E-state index contributed by atoms with van der Waals surface area (Å²) in [7, 11) is 0. The van der Waals surface area contributed by atoms with Crippen LogP contribution in [-0.2, 0) is 14.3 Å². The van der Waals surface area contributed by atoms with Crippen LogP contribution < -0.4 is 5.32 Å². The van der Waals surface area contributed by atoms with Crippen molar-refractivity contribution in [3.63, 3.8) is 0 Å². The van der Waals surface area contributed by atoms with Gasteiger partial charge in [-0.3, -0.25) is 4.79 Å². The fraction of sp³-hybridized carbons (Fsp3) is 0.936. The van der Waals surface area contributed by atoms with Gasteiger partial charge in [-0.15, -0.1) is 0 Å². The number of rotatable bonds is 40. The molecule has 0 radical (unpaired) electrons. The second-order valence-corrected chi connectivity index (χ2v) is 17.2. The monoisotopic (exact) mass is 830 g/mol. The Balaban J connectivity index is 2.39. The van der Waals surface area contributed by atoms with E-state index in [4.69, 9.17) is 9.47 Å². The smallest absolute Gasteiger partial charge is 0.250 e. The lowest BCUT2D eigenvalue weighted by Crippen LogP contribution is -2.61. The van der Waals surface area contributed by atoms with Gasteiger partial charge in [-0.25, -0.2) is 0 Å². The zero-order valence-corrected chi connectivity index (χ0v) is 37.0. The van der Waals surface area contributed by atoms with Gasteiger partial charge in [-0.2, -0.15) is 0 Å². The van der Waals surface area contributed by atoms with Gasteiger partial charge in [0.1, 0.15) is 36.7 Å². The molecular weight excluding hydrogens is 739 g/mol. The van der Waals surface area contributed by atoms with Crippen molar-refractivity contribution in [1.82, 2.24) is 5.32 Å². The first kappa shape index (κ1) is 54.9. The maximum Gasteiger partial charge on any atom is 0.250 e. The molecule has 1 rings (SSSR count). The molecule has 1 saturated heterocycles. The minimum Gasteiger partial charge on any atom is -0.394 e. The molecule has 9 atom stereocenters. The number of carbonyl (C=O) groups is 1. The first-order chi connectivity index (χ1) is 28.2. The normalized spacial score (nSPS) is 22.0. The van der Waals surface area contributed by atoms with Gasteiger partial charge in [-0.1, -0.05) is 187 Å². The third kappa shape index (κ3) is 27.6. The highest BCUT2D eigenvalue weighted by Crippen LogP contribution is 2.24. The maximum atomic E-state index is 13.1. The minimum absolute atomic E-state index is 0.247. The van der Waals surface area contributed by atoms with Crippen LogP contribution in [0.25, 0.3) is 0 Å². The van der Waals surface area contributed by atoms with Crippen molar-refractivity contribution < 1.29 is 50.0 Å². The molecule has 0 saturated carbocycles. The van der Waals surface area contributed by atoms with E-state index in [0.717, 1.165) is 44.9 Å². The second-order valence-electron chi connectivity index (χ2n) is 17.2. The van der Waals surface area contributed by atoms with Gasteiger partial charge >= 0.3 is 0 Å². The molecule has 0 spiro atoms. The van der Waals surface area contributed by atoms with E-state index in [1.54, 1.807) is 0 Å². The lowest BCUT2D eigenvalue weighted by atomic mass is 9.99. The van der Waals surface area contributed by atoms with Crippen LogP contribution in [0.1, 0.15) is 219 Å². The average Bonchev–Trinajstić information content (AvgIpc) is 3.21. The fourth-order valence-corrected chi connectivity index (χ4v) is 7.75. The first-order valence-corrected chi connectivity index (χ1v) is 24.1. The number of amides is 1. The topological polar surface area (TPSA) is 189 Å². The minimum atomic E-state index is -1.72. The number of aliphatic hydroxyl groups is 7. The SMILES string of the molecule is CCCCCCCC=CCCCCCC(O)C(O)CC(NC(=O)C(O)CCCCCCCCCCCCCCCCCCCCC)O[C@@H]1O[C@H](CO)[C@@H](O)[C@H](O)[C@H]1O. The highest BCUT2D eigenvalue weighted by atomic mass is 16.7. The Morgan fingerprint density at radius 3 is 1.45 bits per heavy atom. The van der Waals surface area contributed by atoms with Crippen molar-refractivity contribution in [2.24, 2.45) is 0 Å². The highest BCUT2D eigenvalue weighted by molar-refractivity contribution is 5.80. The van der Waals surface area contributed by atoms with Crippen LogP contribution in [0.4, 0.5) is 0 Å². The molecule has 11 nitrogen and oxygen atoms in total. The van der Waals surface area contributed by atoms with E-state index in [-0.39, 0.29) is 12.8 Å². The molecule has 0 bridgehead atoms. The van der Waals surface area contributed by atoms with Crippen molar-refractivity contribution in [1.29, 1.82) is 0 Å². The first-order valence-electron chi connectivity index (χ1n) is 24.1. The van der Waals surface area contributed by atoms with E-state index in [1.807, 2.05) is 0 Å². The third-order valence-electron chi connectivity index (χ3n) is 11.7. The van der Waals surface area contributed by atoms with Crippen LogP contribution >= 0.6 is 0 Å². The molecule has 0 aliphatic carbocycles. The molecule has 1 amide bonds. The van der Waals surface area contributed by atoms with Crippen molar-refractivity contribution >= 4 is 5.91 Å². The molecule has 0 aromatic heterocycles. The number of nitrogens with one attached hydrogen (secondary N) is 1. The Hall–Kier alpha value is -1.15. The van der Waals surface area contributed by atoms with Gasteiger partial charge in [0.25, 0.3) is 5.91 Å². The number of hydrogen-bond donors (Lipinski definition) is 8. The molecule has 1 aliphatic heterocycles. The Morgan fingerprint density at radius 2 is 0.983 bits per heavy atom. The number of carbonyl (C=O) groups excluding carboxylic acids is 1. The van der Waals surface area contributed by atoms with E-state index >= 15 is 0 Å². The summed E-state index contributed by atoms with van der Waals surface area (Å²) in [6.45, 7) is 3.83. The Morgan fingerprint density at radius 1 is 0.569 bits per heavy atom. The van der Waals surface area contributed by atoms with E-state index in [1.165, 1.54) is 128 Å². The number of hydrogen-bond acceptors (Lipinski definition) is 10. The summed E-state index contributed by atoms with van der Waals surface area (Å²) in [5, 5.41) is 75.5. The quantitative estimate of drug-likeness (QED) is 0.0169. The molecule has 344 valence electrons. The van der Waals surface area contributed by atoms with Crippen LogP contribution in [0, 0.1) is 0 Å². The van der Waals surface area contributed by atoms with Crippen molar-refractivity contribution in [2.45, 2.75) is 275 Å². The van der Waals surface area contributed by atoms with Gasteiger partial charge in [-0.05, 0) is 38.5 Å². The zero-order chi connectivity index (χ0) is 42.6. The van der Waals surface area contributed by atoms with Crippen LogP contribution in [-0.4, -0.2) is 104 Å². The Labute approximate surface area is 353 Å². The molecule has 8 N–H and O–H groups in total. The fourth-order valence-electron chi connectivity index (χ4n) is 7.75. The summed E-state index contributed by atoms with van der Waals surface area (Å²) in [5.74, 6) is -0.729. The summed E-state index contributed by atoms with van der Waals surface area (Å²) in [6, 6.07) is 0. The Bertz CT molecular complexity index is 954. The molecule has 1 aliphatic rings. The predicted octanol–water partition coefficient (Wildman–Crippen LogP) is 8.41. The van der Waals surface area contributed by atoms with Gasteiger partial charge in [0.15, 0.2) is 6.29 Å². The number of aliphatic hydroxyl groups excluding tert-OH is 7. The van der Waals surface area contributed by atoms with Gasteiger partial charge in [0.05, 0.1) is 18.8 Å². The van der Waals surface area contributed by atoms with Crippen molar-refractivity contribution in [3.8, 4) is 0 Å². The number of unbranched alkanes of at least 4 members (excludes halogenated alkanes) is 26. The summed E-state index contributed by atoms with van der Waals surface area (Å²) in [5.41, 5.74) is 0. The standard InChI is InChI=1S/C47H91NO10/c1-3-5-7-9-11-13-15-17-18-19-20-21-22-23-25-27-29-31-33-35-39(51)46(56)48-42(58-47-45(55)44(54)43(53)41(37-49)57-47)36-40(52)38(50)34-32-30-28-26-24-16-14-12-10-8-6-4-2/h16,24,38-45,47,49-55H,3-15,17-23,25-37H2,1-2H3,(H,48,56)/t38?,39?,40?,41-,42?,43-,44+,45-,47+/m1/s1. The maximum absolute atomic E-state index is 13.1. The zero-order valence-electron chi connectivity index (χ0n) is 37.0. The molecular formula is C47H91NO10. The number of ether oxygens (including phenoxy) is 2. The Kier molecular flexibility index (Phi) is 35.6. The lowest BCUT2D eigenvalue weighted by Gasteiger charge is -2.41. The highest BCUT2D eigenvalue weighted by Gasteiger charge is 2.45. The molecule has 1 fully saturated rings. The van der Waals surface area contributed by atoms with Crippen molar-refractivity contribution in [2.75, 3.05) is 6.61 Å². The van der Waals surface area contributed by atoms with Gasteiger partial charge in [0.2, 0.25) is 0 Å². The molecule has 0 aromatic carbocycles. The van der Waals surface area contributed by atoms with E-state index in [9.17, 15) is 40.5 Å². The molecule has 4 unspecified atom stereocenters. The molecule has 0 aromatic rings. The van der Waals surface area contributed by atoms with Crippen LogP contribution in [0.3, 0.4) is 0 Å². The summed E-state index contributed by atoms with van der Waals surface area (Å²) in [4.78, 5) is 13.1. The lowest BCUT2D eigenvalue weighted by molar-refractivity contribution is -0.315. The van der Waals surface area contributed by atoms with E-state index in [2.05, 4.69) is 31.3 Å². The molecule has 58 heavy (non-hydrogen) atoms. The number of allylic oxidation sites excluding steroid dienone is 2. The molecule has 11 heteroatoms. The van der Waals surface area contributed by atoms with Crippen LogP contribution in [0.5, 0.6) is 0 Å². The second kappa shape index (κ2) is 37.6. The molecule has 1 heterocycles. The predicted molar refractivity (Wildman–Crippen MR) is 233 cm³/mol. The van der Waals surface area contributed by atoms with Crippen LogP contribution in [0.15, 0.2) is 12.2 Å². The average molecular weight is 830 g/mol. The third-order valence-corrected chi connectivity index (χ3v) is 11.7. The largest absolute Gasteiger partial charge is 0.394 e. The van der Waals surface area contributed by atoms with Gasteiger partial charge in [0, 0.05) is 6.42 Å². The van der Waals surface area contributed by atoms with Gasteiger partial charge < -0.3 is 50.5 Å². The summed E-state index contributed by atoms with van der Waals surface area (Å²) < 4.78 is 11.3. The summed E-state index contributed by atoms with van der Waals surface area (Å²) >= 11 is 0. The van der Waals surface area contributed by atoms with Crippen molar-refractivity contribution in [3.05, 3.63) is 12.2 Å². The summed E-state index contributed by atoms with van der Waals surface area (Å²) in [6.07, 6.45) is 26.8. The van der Waals surface area contributed by atoms with Crippen LogP contribution in [0.2, 0.25) is 0 Å².